The first-order chi connectivity index (χ1) is 9.79. The molecule has 0 fully saturated rings. The SMILES string of the molecule is CC(C)NC(=O)NC(=O)COC(=O)c1cc(Br)ccc1O. The van der Waals surface area contributed by atoms with Crippen molar-refractivity contribution in [2.24, 2.45) is 0 Å². The summed E-state index contributed by atoms with van der Waals surface area (Å²) in [6.07, 6.45) is 0. The van der Waals surface area contributed by atoms with E-state index in [2.05, 4.69) is 21.2 Å². The molecule has 7 nitrogen and oxygen atoms in total. The molecule has 1 aromatic rings. The smallest absolute Gasteiger partial charge is 0.342 e. The Morgan fingerprint density at radius 2 is 2.00 bits per heavy atom. The summed E-state index contributed by atoms with van der Waals surface area (Å²) in [4.78, 5) is 34.4. The maximum Gasteiger partial charge on any atom is 0.342 e. The Morgan fingerprint density at radius 3 is 2.62 bits per heavy atom. The zero-order valence-electron chi connectivity index (χ0n) is 11.5. The quantitative estimate of drug-likeness (QED) is 0.708. The third kappa shape index (κ3) is 5.82. The zero-order chi connectivity index (χ0) is 16.0. The molecule has 0 saturated heterocycles. The lowest BCUT2D eigenvalue weighted by Crippen LogP contribution is -2.44. The lowest BCUT2D eigenvalue weighted by Gasteiger charge is -2.10. The van der Waals surface area contributed by atoms with E-state index in [4.69, 9.17) is 4.74 Å². The number of aromatic hydroxyl groups is 1. The second-order valence-electron chi connectivity index (χ2n) is 4.41. The molecule has 0 aliphatic heterocycles. The highest BCUT2D eigenvalue weighted by atomic mass is 79.9. The number of carbonyl (C=O) groups is 3. The summed E-state index contributed by atoms with van der Waals surface area (Å²) in [6, 6.07) is 3.43. The molecular weight excluding hydrogens is 344 g/mol. The van der Waals surface area contributed by atoms with Crippen molar-refractivity contribution in [3.63, 3.8) is 0 Å². The summed E-state index contributed by atoms with van der Waals surface area (Å²) < 4.78 is 5.30. The largest absolute Gasteiger partial charge is 0.507 e. The van der Waals surface area contributed by atoms with Gasteiger partial charge >= 0.3 is 12.0 Å². The van der Waals surface area contributed by atoms with Gasteiger partial charge in [0.05, 0.1) is 0 Å². The molecule has 0 bridgehead atoms. The predicted molar refractivity (Wildman–Crippen MR) is 77.9 cm³/mol. The summed E-state index contributed by atoms with van der Waals surface area (Å²) >= 11 is 3.15. The summed E-state index contributed by atoms with van der Waals surface area (Å²) in [5, 5.41) is 14.0. The fourth-order valence-electron chi connectivity index (χ4n) is 1.34. The van der Waals surface area contributed by atoms with E-state index in [1.54, 1.807) is 19.9 Å². The molecule has 0 aliphatic carbocycles. The van der Waals surface area contributed by atoms with Crippen molar-refractivity contribution in [1.29, 1.82) is 0 Å². The maximum atomic E-state index is 11.7. The number of carbonyl (C=O) groups excluding carboxylic acids is 3. The van der Waals surface area contributed by atoms with Crippen molar-refractivity contribution in [3.8, 4) is 5.75 Å². The van der Waals surface area contributed by atoms with Crippen molar-refractivity contribution in [2.75, 3.05) is 6.61 Å². The first-order valence-corrected chi connectivity index (χ1v) is 6.85. The molecule has 0 aromatic heterocycles. The van der Waals surface area contributed by atoms with Gasteiger partial charge in [0.2, 0.25) is 0 Å². The second kappa shape index (κ2) is 7.63. The number of imide groups is 1. The molecule has 3 amide bonds. The number of hydrogen-bond donors (Lipinski definition) is 3. The Morgan fingerprint density at radius 1 is 1.33 bits per heavy atom. The first kappa shape index (κ1) is 17.0. The molecule has 21 heavy (non-hydrogen) atoms. The fraction of sp³-hybridized carbons (Fsp3) is 0.308. The van der Waals surface area contributed by atoms with Crippen LogP contribution in [-0.2, 0) is 9.53 Å². The van der Waals surface area contributed by atoms with Crippen LogP contribution in [0.4, 0.5) is 4.79 Å². The van der Waals surface area contributed by atoms with Gasteiger partial charge in [-0.15, -0.1) is 0 Å². The molecule has 1 aromatic carbocycles. The van der Waals surface area contributed by atoms with Crippen molar-refractivity contribution in [3.05, 3.63) is 28.2 Å². The highest BCUT2D eigenvalue weighted by molar-refractivity contribution is 9.10. The van der Waals surface area contributed by atoms with Crippen molar-refractivity contribution < 1.29 is 24.2 Å². The molecular formula is C13H15BrN2O5. The van der Waals surface area contributed by atoms with Crippen LogP contribution in [0.5, 0.6) is 5.75 Å². The Kier molecular flexibility index (Phi) is 6.16. The highest BCUT2D eigenvalue weighted by Gasteiger charge is 2.16. The van der Waals surface area contributed by atoms with Crippen LogP contribution >= 0.6 is 15.9 Å². The van der Waals surface area contributed by atoms with E-state index in [1.165, 1.54) is 12.1 Å². The average Bonchev–Trinajstić information content (AvgIpc) is 2.37. The van der Waals surface area contributed by atoms with Crippen LogP contribution in [0, 0.1) is 0 Å². The number of hydrogen-bond acceptors (Lipinski definition) is 5. The molecule has 0 spiro atoms. The van der Waals surface area contributed by atoms with Crippen LogP contribution in [0.3, 0.4) is 0 Å². The Balaban J connectivity index is 2.51. The molecule has 0 atom stereocenters. The standard InChI is InChI=1S/C13H15BrN2O5/c1-7(2)15-13(20)16-11(18)6-21-12(19)9-5-8(14)3-4-10(9)17/h3-5,7,17H,6H2,1-2H3,(H2,15,16,18,20). The predicted octanol–water partition coefficient (Wildman–Crippen LogP) is 1.55. The lowest BCUT2D eigenvalue weighted by atomic mass is 10.2. The van der Waals surface area contributed by atoms with E-state index in [0.717, 1.165) is 0 Å². The van der Waals surface area contributed by atoms with Crippen molar-refractivity contribution >= 4 is 33.8 Å². The number of amides is 3. The van der Waals surface area contributed by atoms with Crippen LogP contribution in [0.2, 0.25) is 0 Å². The third-order valence-electron chi connectivity index (χ3n) is 2.19. The molecule has 0 aliphatic rings. The summed E-state index contributed by atoms with van der Waals surface area (Å²) in [7, 11) is 0. The van der Waals surface area contributed by atoms with E-state index in [-0.39, 0.29) is 17.4 Å². The van der Waals surface area contributed by atoms with Crippen molar-refractivity contribution in [2.45, 2.75) is 19.9 Å². The second-order valence-corrected chi connectivity index (χ2v) is 5.33. The van der Waals surface area contributed by atoms with Crippen LogP contribution < -0.4 is 10.6 Å². The van der Waals surface area contributed by atoms with Gasteiger partial charge in [-0.2, -0.15) is 0 Å². The first-order valence-electron chi connectivity index (χ1n) is 6.05. The minimum absolute atomic E-state index is 0.0798. The number of nitrogens with one attached hydrogen (secondary N) is 2. The minimum Gasteiger partial charge on any atom is -0.507 e. The number of ether oxygens (including phenoxy) is 1. The zero-order valence-corrected chi connectivity index (χ0v) is 13.1. The Labute approximate surface area is 129 Å². The van der Waals surface area contributed by atoms with E-state index < -0.39 is 24.5 Å². The van der Waals surface area contributed by atoms with Gasteiger partial charge in [-0.1, -0.05) is 15.9 Å². The number of benzene rings is 1. The topological polar surface area (TPSA) is 105 Å². The minimum atomic E-state index is -0.867. The molecule has 114 valence electrons. The number of phenols is 1. The van der Waals surface area contributed by atoms with Gasteiger partial charge in [-0.3, -0.25) is 10.1 Å². The van der Waals surface area contributed by atoms with Crippen LogP contribution in [-0.4, -0.2) is 35.7 Å². The van der Waals surface area contributed by atoms with Gasteiger partial charge in [0, 0.05) is 10.5 Å². The van der Waals surface area contributed by atoms with Gasteiger partial charge in [-0.25, -0.2) is 9.59 Å². The Bertz CT molecular complexity index is 559. The average molecular weight is 359 g/mol. The van der Waals surface area contributed by atoms with Crippen LogP contribution in [0.1, 0.15) is 24.2 Å². The van der Waals surface area contributed by atoms with E-state index in [1.807, 2.05) is 5.32 Å². The Hall–Kier alpha value is -2.09. The number of halogens is 1. The lowest BCUT2D eigenvalue weighted by molar-refractivity contribution is -0.123. The van der Waals surface area contributed by atoms with Gasteiger partial charge in [0.25, 0.3) is 5.91 Å². The monoisotopic (exact) mass is 358 g/mol. The number of urea groups is 1. The van der Waals surface area contributed by atoms with E-state index in [9.17, 15) is 19.5 Å². The van der Waals surface area contributed by atoms with Gasteiger partial charge in [-0.05, 0) is 32.0 Å². The summed E-state index contributed by atoms with van der Waals surface area (Å²) in [6.45, 7) is 2.84. The summed E-state index contributed by atoms with van der Waals surface area (Å²) in [5.41, 5.74) is -0.0798. The molecule has 3 N–H and O–H groups in total. The fourth-order valence-corrected chi connectivity index (χ4v) is 1.70. The maximum absolute atomic E-state index is 11.7. The van der Waals surface area contributed by atoms with Crippen molar-refractivity contribution in [1.82, 2.24) is 10.6 Å². The van der Waals surface area contributed by atoms with E-state index >= 15 is 0 Å². The molecule has 1 rings (SSSR count). The molecule has 0 heterocycles. The van der Waals surface area contributed by atoms with Crippen LogP contribution in [0.25, 0.3) is 0 Å². The van der Waals surface area contributed by atoms with Gasteiger partial charge < -0.3 is 15.2 Å². The molecule has 0 radical (unpaired) electrons. The highest BCUT2D eigenvalue weighted by Crippen LogP contribution is 2.22. The van der Waals surface area contributed by atoms with Crippen LogP contribution in [0.15, 0.2) is 22.7 Å². The van der Waals surface area contributed by atoms with Gasteiger partial charge in [0.15, 0.2) is 6.61 Å². The number of rotatable bonds is 4. The number of phenolic OH excluding ortho intramolecular Hbond substituents is 1. The van der Waals surface area contributed by atoms with E-state index in [0.29, 0.717) is 4.47 Å². The number of esters is 1. The molecule has 8 heteroatoms. The molecule has 0 unspecified atom stereocenters. The normalized spacial score (nSPS) is 10.1. The third-order valence-corrected chi connectivity index (χ3v) is 2.68. The summed E-state index contributed by atoms with van der Waals surface area (Å²) in [5.74, 6) is -1.90. The van der Waals surface area contributed by atoms with Gasteiger partial charge in [0.1, 0.15) is 11.3 Å². The molecule has 0 saturated carbocycles.